The monoisotopic (exact) mass is 602 g/mol. The van der Waals surface area contributed by atoms with Crippen LogP contribution in [0.1, 0.15) is 17.5 Å². The molecule has 0 atom stereocenters. The zero-order valence-electron chi connectivity index (χ0n) is 25.8. The summed E-state index contributed by atoms with van der Waals surface area (Å²) in [5.74, 6) is 0. The molecule has 0 spiro atoms. The summed E-state index contributed by atoms with van der Waals surface area (Å²) >= 11 is 0. The third-order valence-corrected chi connectivity index (χ3v) is 10.1. The largest absolute Gasteiger partial charge is 0.456 e. The summed E-state index contributed by atoms with van der Waals surface area (Å²) in [4.78, 5) is 0. The van der Waals surface area contributed by atoms with Crippen LogP contribution in [0.15, 0.2) is 154 Å². The highest BCUT2D eigenvalue weighted by Gasteiger charge is 2.19. The lowest BCUT2D eigenvalue weighted by Gasteiger charge is -2.18. The van der Waals surface area contributed by atoms with Crippen molar-refractivity contribution in [1.82, 2.24) is 0 Å². The van der Waals surface area contributed by atoms with Crippen LogP contribution in [0.4, 0.5) is 0 Å². The maximum atomic E-state index is 6.47. The van der Waals surface area contributed by atoms with Gasteiger partial charge in [-0.1, -0.05) is 121 Å². The number of hydrogen-bond donors (Lipinski definition) is 0. The highest BCUT2D eigenvalue weighted by molar-refractivity contribution is 6.23. The maximum Gasteiger partial charge on any atom is 0.147 e. The number of furan rings is 2. The van der Waals surface area contributed by atoms with Crippen molar-refractivity contribution >= 4 is 76.2 Å². The Morgan fingerprint density at radius 2 is 1.00 bits per heavy atom. The maximum absolute atomic E-state index is 6.47. The predicted molar refractivity (Wildman–Crippen MR) is 197 cm³/mol. The van der Waals surface area contributed by atoms with E-state index in [1.807, 2.05) is 12.1 Å². The fraction of sp³-hybridized carbons (Fsp3) is 0.0667. The molecule has 0 aliphatic rings. The standard InChI is InChI=1S/C45H30O2/c1-2-16-30-28(12-1)13-9-23-35(30)43-36-20-5-3-17-32(36)31(33-18-4-6-21-37(33)43)22-10-14-29-15-11-25-40-42(29)44-41(46-40)27-26-38-34-19-7-8-24-39(34)47-45(38)44/h1-9,11-13,15-21,23-27H,10,14,22H2. The summed E-state index contributed by atoms with van der Waals surface area (Å²) in [5, 5.41) is 12.4. The molecule has 0 unspecified atom stereocenters. The molecule has 8 aromatic carbocycles. The van der Waals surface area contributed by atoms with Crippen molar-refractivity contribution in [1.29, 1.82) is 0 Å². The SMILES string of the molecule is c1ccc2c(-c3c4ccccc4c(CCCc4cccc5oc6ccc7c8ccccc8oc7c6c45)c4ccccc34)cccc2c1. The minimum absolute atomic E-state index is 0.875. The van der Waals surface area contributed by atoms with E-state index in [1.165, 1.54) is 60.0 Å². The molecule has 2 heterocycles. The molecule has 2 heteroatoms. The minimum Gasteiger partial charge on any atom is -0.456 e. The molecule has 0 saturated heterocycles. The van der Waals surface area contributed by atoms with Crippen LogP contribution in [0.2, 0.25) is 0 Å². The average Bonchev–Trinajstić information content (AvgIpc) is 3.70. The lowest BCUT2D eigenvalue weighted by Crippen LogP contribution is -1.96. The Bertz CT molecular complexity index is 2770. The Hall–Kier alpha value is -5.86. The quantitative estimate of drug-likeness (QED) is 0.183. The highest BCUT2D eigenvalue weighted by Crippen LogP contribution is 2.43. The van der Waals surface area contributed by atoms with Crippen molar-refractivity contribution in [3.8, 4) is 11.1 Å². The Labute approximate surface area is 271 Å². The number of hydrogen-bond acceptors (Lipinski definition) is 2. The van der Waals surface area contributed by atoms with Crippen molar-refractivity contribution in [2.75, 3.05) is 0 Å². The van der Waals surface area contributed by atoms with Gasteiger partial charge in [0.05, 0.1) is 5.39 Å². The molecule has 0 aliphatic heterocycles. The third kappa shape index (κ3) is 3.98. The van der Waals surface area contributed by atoms with Crippen LogP contribution in [0.3, 0.4) is 0 Å². The van der Waals surface area contributed by atoms with Crippen LogP contribution in [0.25, 0.3) is 87.3 Å². The first kappa shape index (κ1) is 26.4. The van der Waals surface area contributed by atoms with E-state index in [1.54, 1.807) is 0 Å². The molecular formula is C45H30O2. The summed E-state index contributed by atoms with van der Waals surface area (Å²) in [7, 11) is 0. The molecule has 10 aromatic rings. The molecule has 0 radical (unpaired) electrons. The normalized spacial score (nSPS) is 12.1. The van der Waals surface area contributed by atoms with Crippen LogP contribution in [0.5, 0.6) is 0 Å². The van der Waals surface area contributed by atoms with Gasteiger partial charge in [-0.25, -0.2) is 0 Å². The van der Waals surface area contributed by atoms with E-state index < -0.39 is 0 Å². The Morgan fingerprint density at radius 1 is 0.383 bits per heavy atom. The molecule has 0 bridgehead atoms. The van der Waals surface area contributed by atoms with E-state index >= 15 is 0 Å². The summed E-state index contributed by atoms with van der Waals surface area (Å²) in [6.07, 6.45) is 2.93. The second kappa shape index (κ2) is 10.3. The number of para-hydroxylation sites is 1. The van der Waals surface area contributed by atoms with Gasteiger partial charge in [0.2, 0.25) is 0 Å². The van der Waals surface area contributed by atoms with E-state index in [2.05, 4.69) is 133 Å². The topological polar surface area (TPSA) is 26.3 Å². The molecule has 47 heavy (non-hydrogen) atoms. The Balaban J connectivity index is 1.10. The molecule has 10 rings (SSSR count). The van der Waals surface area contributed by atoms with E-state index in [4.69, 9.17) is 8.83 Å². The number of fused-ring (bicyclic) bond motifs is 10. The van der Waals surface area contributed by atoms with Gasteiger partial charge in [0.15, 0.2) is 0 Å². The molecule has 2 nitrogen and oxygen atoms in total. The number of benzene rings is 8. The van der Waals surface area contributed by atoms with Crippen molar-refractivity contribution in [3.05, 3.63) is 157 Å². The molecule has 0 saturated carbocycles. The Kier molecular flexibility index (Phi) is 5.80. The van der Waals surface area contributed by atoms with Crippen LogP contribution < -0.4 is 0 Å². The van der Waals surface area contributed by atoms with Gasteiger partial charge in [-0.2, -0.15) is 0 Å². The number of rotatable bonds is 5. The summed E-state index contributed by atoms with van der Waals surface area (Å²) < 4.78 is 12.9. The zero-order valence-corrected chi connectivity index (χ0v) is 25.8. The van der Waals surface area contributed by atoms with Gasteiger partial charge in [-0.15, -0.1) is 0 Å². The smallest absolute Gasteiger partial charge is 0.147 e. The average molecular weight is 603 g/mol. The second-order valence-corrected chi connectivity index (χ2v) is 12.6. The summed E-state index contributed by atoms with van der Waals surface area (Å²) in [6.45, 7) is 0. The van der Waals surface area contributed by atoms with Crippen molar-refractivity contribution in [2.45, 2.75) is 19.3 Å². The van der Waals surface area contributed by atoms with Gasteiger partial charge in [-0.3, -0.25) is 0 Å². The lowest BCUT2D eigenvalue weighted by molar-refractivity contribution is 0.662. The molecule has 0 aliphatic carbocycles. The van der Waals surface area contributed by atoms with Crippen LogP contribution in [0, 0.1) is 0 Å². The van der Waals surface area contributed by atoms with Crippen molar-refractivity contribution in [3.63, 3.8) is 0 Å². The van der Waals surface area contributed by atoms with Gasteiger partial charge >= 0.3 is 0 Å². The second-order valence-electron chi connectivity index (χ2n) is 12.6. The van der Waals surface area contributed by atoms with Gasteiger partial charge in [-0.05, 0) is 98.1 Å². The van der Waals surface area contributed by atoms with Crippen molar-refractivity contribution < 1.29 is 8.83 Å². The first-order valence-electron chi connectivity index (χ1n) is 16.5. The van der Waals surface area contributed by atoms with E-state index in [9.17, 15) is 0 Å². The minimum atomic E-state index is 0.875. The first-order chi connectivity index (χ1) is 23.3. The Morgan fingerprint density at radius 3 is 1.81 bits per heavy atom. The van der Waals surface area contributed by atoms with Crippen LogP contribution in [-0.4, -0.2) is 0 Å². The van der Waals surface area contributed by atoms with Crippen LogP contribution in [-0.2, 0) is 12.8 Å². The molecule has 0 N–H and O–H groups in total. The molecule has 222 valence electrons. The number of aryl methyl sites for hydroxylation is 2. The highest BCUT2D eigenvalue weighted by atomic mass is 16.3. The van der Waals surface area contributed by atoms with E-state index in [-0.39, 0.29) is 0 Å². The fourth-order valence-electron chi connectivity index (χ4n) is 8.04. The predicted octanol–water partition coefficient (Wildman–Crippen LogP) is 12.8. The first-order valence-corrected chi connectivity index (χ1v) is 16.5. The fourth-order valence-corrected chi connectivity index (χ4v) is 8.04. The van der Waals surface area contributed by atoms with Gasteiger partial charge in [0, 0.05) is 16.2 Å². The van der Waals surface area contributed by atoms with Crippen LogP contribution >= 0.6 is 0 Å². The lowest BCUT2D eigenvalue weighted by atomic mass is 9.85. The summed E-state index contributed by atoms with van der Waals surface area (Å²) in [5.41, 5.74) is 8.95. The molecule has 0 fully saturated rings. The van der Waals surface area contributed by atoms with E-state index in [0.717, 1.165) is 57.8 Å². The van der Waals surface area contributed by atoms with Crippen molar-refractivity contribution in [2.24, 2.45) is 0 Å². The third-order valence-electron chi connectivity index (χ3n) is 10.1. The zero-order chi connectivity index (χ0) is 30.9. The molecular weight excluding hydrogens is 572 g/mol. The van der Waals surface area contributed by atoms with E-state index in [0.29, 0.717) is 0 Å². The summed E-state index contributed by atoms with van der Waals surface area (Å²) in [6, 6.07) is 52.4. The van der Waals surface area contributed by atoms with Gasteiger partial charge in [0.1, 0.15) is 22.3 Å². The van der Waals surface area contributed by atoms with Gasteiger partial charge < -0.3 is 8.83 Å². The molecule has 2 aromatic heterocycles. The molecule has 0 amide bonds. The van der Waals surface area contributed by atoms with Gasteiger partial charge in [0.25, 0.3) is 0 Å².